The Morgan fingerprint density at radius 1 is 1.58 bits per heavy atom. The molecule has 0 rings (SSSR count). The maximum atomic E-state index is 10.5. The van der Waals surface area contributed by atoms with Gasteiger partial charge in [0.25, 0.3) is 0 Å². The van der Waals surface area contributed by atoms with Gasteiger partial charge in [0, 0.05) is 6.42 Å². The molecule has 0 fully saturated rings. The highest BCUT2D eigenvalue weighted by molar-refractivity contribution is 5.73. The van der Waals surface area contributed by atoms with Crippen LogP contribution in [0.2, 0.25) is 0 Å². The number of carbonyl (C=O) groups is 2. The lowest BCUT2D eigenvalue weighted by Crippen LogP contribution is -3.00. The number of hydrogen-bond donors (Lipinski definition) is 2. The summed E-state index contributed by atoms with van der Waals surface area (Å²) in [6.45, 7) is 0. The first-order valence-electron chi connectivity index (χ1n) is 3.26. The first kappa shape index (κ1) is 13.9. The molecule has 0 spiro atoms. The van der Waals surface area contributed by atoms with Gasteiger partial charge in [-0.05, 0) is 6.42 Å². The van der Waals surface area contributed by atoms with Crippen molar-refractivity contribution < 1.29 is 32.5 Å². The van der Waals surface area contributed by atoms with E-state index in [4.69, 9.17) is 5.73 Å². The third-order valence-corrected chi connectivity index (χ3v) is 1.30. The van der Waals surface area contributed by atoms with Crippen molar-refractivity contribution in [2.75, 3.05) is 7.11 Å². The van der Waals surface area contributed by atoms with Crippen molar-refractivity contribution in [3.63, 3.8) is 0 Å². The van der Waals surface area contributed by atoms with Gasteiger partial charge in [-0.3, -0.25) is 10.5 Å². The summed E-state index contributed by atoms with van der Waals surface area (Å²) >= 11 is 0. The largest absolute Gasteiger partial charge is 1.00 e. The van der Waals surface area contributed by atoms with Crippen LogP contribution in [0.15, 0.2) is 0 Å². The third kappa shape index (κ3) is 6.09. The van der Waals surface area contributed by atoms with Crippen LogP contribution in [0.1, 0.15) is 12.8 Å². The van der Waals surface area contributed by atoms with Gasteiger partial charge in [-0.25, -0.2) is 4.79 Å². The van der Waals surface area contributed by atoms with Crippen molar-refractivity contribution in [2.24, 2.45) is 5.73 Å². The number of ether oxygens (including phenoxy) is 1. The smallest absolute Gasteiger partial charge is 0.325 e. The number of amides is 1. The Hall–Kier alpha value is -0.650. The number of esters is 1. The van der Waals surface area contributed by atoms with Crippen molar-refractivity contribution >= 4 is 11.9 Å². The number of methoxy groups -OCH3 is 1. The van der Waals surface area contributed by atoms with Crippen LogP contribution in [0.4, 0.5) is 0 Å². The molecule has 5 nitrogen and oxygen atoms in total. The molecule has 0 aromatic rings. The average molecular weight is 197 g/mol. The second-order valence-electron chi connectivity index (χ2n) is 2.19. The third-order valence-electron chi connectivity index (χ3n) is 1.30. The van der Waals surface area contributed by atoms with Gasteiger partial charge in [-0.15, -0.1) is 0 Å². The van der Waals surface area contributed by atoms with Crippen LogP contribution in [0.3, 0.4) is 0 Å². The zero-order valence-corrected chi connectivity index (χ0v) is 7.63. The molecule has 72 valence electrons. The second-order valence-corrected chi connectivity index (χ2v) is 2.19. The molecule has 0 bridgehead atoms. The molecule has 0 aliphatic carbocycles. The lowest BCUT2D eigenvalue weighted by Gasteiger charge is -2.02. The van der Waals surface area contributed by atoms with E-state index in [1.54, 1.807) is 0 Å². The fraction of sp³-hybridized carbons (Fsp3) is 0.667. The second kappa shape index (κ2) is 7.02. The molecule has 0 aliphatic heterocycles. The summed E-state index contributed by atoms with van der Waals surface area (Å²) in [5.74, 6) is -0.712. The molecule has 0 aromatic heterocycles. The molecule has 1 atom stereocenters. The summed E-state index contributed by atoms with van der Waals surface area (Å²) < 4.78 is 4.35. The Bertz CT molecular complexity index is 163. The Kier molecular flexibility index (Phi) is 8.14. The van der Waals surface area contributed by atoms with Crippen molar-refractivity contribution in [2.45, 2.75) is 18.9 Å². The highest BCUT2D eigenvalue weighted by Crippen LogP contribution is 1.94. The Labute approximate surface area is 76.8 Å². The summed E-state index contributed by atoms with van der Waals surface area (Å²) in [6, 6.07) is -0.644. The number of rotatable bonds is 4. The number of nitrogens with two attached hydrogens (primary N) is 1. The summed E-state index contributed by atoms with van der Waals surface area (Å²) in [5.41, 5.74) is 8.43. The minimum absolute atomic E-state index is 0. The molecule has 0 heterocycles. The van der Waals surface area contributed by atoms with Crippen LogP contribution in [0.25, 0.3) is 0 Å². The zero-order valence-electron chi connectivity index (χ0n) is 6.88. The van der Waals surface area contributed by atoms with Crippen LogP contribution in [0, 0.1) is 0 Å². The molecule has 0 radical (unpaired) electrons. The van der Waals surface area contributed by atoms with Gasteiger partial charge in [0.2, 0.25) is 0 Å². The average Bonchev–Trinajstić information content (AvgIpc) is 1.99. The first-order valence-corrected chi connectivity index (χ1v) is 3.26. The van der Waals surface area contributed by atoms with E-state index in [9.17, 15) is 9.59 Å². The van der Waals surface area contributed by atoms with Gasteiger partial charge in [0.15, 0.2) is 0 Å². The molecule has 5 N–H and O–H groups in total. The molecule has 0 aromatic carbocycles. The fourth-order valence-electron chi connectivity index (χ4n) is 0.536. The van der Waals surface area contributed by atoms with E-state index >= 15 is 0 Å². The van der Waals surface area contributed by atoms with Gasteiger partial charge < -0.3 is 22.9 Å². The quantitative estimate of drug-likeness (QED) is 0.440. The molecule has 6 heteroatoms. The Morgan fingerprint density at radius 3 is 2.42 bits per heavy atom. The first-order chi connectivity index (χ1) is 5.07. The minimum Gasteiger partial charge on any atom is -1.00 e. The standard InChI is InChI=1S/C6H12N2O3.ClH/c1-11-5(9)3-2-4(7)6(8)10;/h4H,2-3,7H2,1H3,(H2,8,10);1H/t4-;/m0./s1. The van der Waals surface area contributed by atoms with Crippen LogP contribution in [-0.4, -0.2) is 25.0 Å². The molecule has 0 aliphatic rings. The van der Waals surface area contributed by atoms with E-state index in [0.717, 1.165) is 0 Å². The monoisotopic (exact) mass is 196 g/mol. The SMILES string of the molecule is COC(=O)CC[C@H](N)C([NH3+])=O.[Cl-]. The molecule has 1 amide bonds. The summed E-state index contributed by atoms with van der Waals surface area (Å²) in [5, 5.41) is 0. The van der Waals surface area contributed by atoms with Gasteiger partial charge in [-0.2, -0.15) is 0 Å². The van der Waals surface area contributed by atoms with Crippen LogP contribution >= 0.6 is 0 Å². The Morgan fingerprint density at radius 2 is 2.08 bits per heavy atom. The van der Waals surface area contributed by atoms with Crippen LogP contribution in [0.5, 0.6) is 0 Å². The van der Waals surface area contributed by atoms with Gasteiger partial charge in [0.1, 0.15) is 6.04 Å². The highest BCUT2D eigenvalue weighted by Gasteiger charge is 2.14. The summed E-state index contributed by atoms with van der Waals surface area (Å²) in [6.07, 6.45) is 0.466. The number of carbonyl (C=O) groups excluding carboxylic acids is 2. The lowest BCUT2D eigenvalue weighted by atomic mass is 10.1. The van der Waals surface area contributed by atoms with E-state index in [1.807, 2.05) is 0 Å². The summed E-state index contributed by atoms with van der Waals surface area (Å²) in [4.78, 5) is 21.0. The molecule has 0 unspecified atom stereocenters. The summed E-state index contributed by atoms with van der Waals surface area (Å²) in [7, 11) is 1.29. The molecule has 0 saturated heterocycles. The molecule has 0 saturated carbocycles. The number of quaternary nitrogens is 1. The predicted molar refractivity (Wildman–Crippen MR) is 37.1 cm³/mol. The Balaban J connectivity index is 0. The maximum absolute atomic E-state index is 10.5. The number of halogens is 1. The van der Waals surface area contributed by atoms with Crippen molar-refractivity contribution in [1.82, 2.24) is 0 Å². The van der Waals surface area contributed by atoms with Gasteiger partial charge >= 0.3 is 11.9 Å². The molecule has 12 heavy (non-hydrogen) atoms. The van der Waals surface area contributed by atoms with E-state index in [2.05, 4.69) is 10.5 Å². The van der Waals surface area contributed by atoms with Crippen molar-refractivity contribution in [3.05, 3.63) is 0 Å². The van der Waals surface area contributed by atoms with Crippen molar-refractivity contribution in [1.29, 1.82) is 0 Å². The topological polar surface area (TPSA) is 97.0 Å². The fourth-order valence-corrected chi connectivity index (χ4v) is 0.536. The van der Waals surface area contributed by atoms with E-state index in [1.165, 1.54) is 7.11 Å². The van der Waals surface area contributed by atoms with Crippen molar-refractivity contribution in [3.8, 4) is 0 Å². The molecular formula is C6H13ClN2O3. The van der Waals surface area contributed by atoms with Crippen LogP contribution < -0.4 is 23.9 Å². The minimum atomic E-state index is -0.644. The van der Waals surface area contributed by atoms with E-state index in [0.29, 0.717) is 6.42 Å². The predicted octanol–water partition coefficient (Wildman–Crippen LogP) is -4.96. The highest BCUT2D eigenvalue weighted by atomic mass is 35.5. The lowest BCUT2D eigenvalue weighted by molar-refractivity contribution is -0.307. The van der Waals surface area contributed by atoms with E-state index < -0.39 is 6.04 Å². The van der Waals surface area contributed by atoms with Gasteiger partial charge in [-0.1, -0.05) is 0 Å². The molecular weight excluding hydrogens is 184 g/mol. The number of hydrogen-bond acceptors (Lipinski definition) is 4. The zero-order chi connectivity index (χ0) is 8.85. The normalized spacial score (nSPS) is 11.2. The van der Waals surface area contributed by atoms with E-state index in [-0.39, 0.29) is 30.7 Å². The van der Waals surface area contributed by atoms with Crippen LogP contribution in [-0.2, 0) is 14.3 Å². The van der Waals surface area contributed by atoms with Gasteiger partial charge in [0.05, 0.1) is 7.11 Å². The maximum Gasteiger partial charge on any atom is 0.325 e.